The highest BCUT2D eigenvalue weighted by Gasteiger charge is 2.14. The highest BCUT2D eigenvalue weighted by Crippen LogP contribution is 2.29. The van der Waals surface area contributed by atoms with Crippen LogP contribution in [0.5, 0.6) is 11.5 Å². The van der Waals surface area contributed by atoms with E-state index in [4.69, 9.17) is 21.1 Å². The molecular formula is C25H24ClN3O4. The van der Waals surface area contributed by atoms with E-state index in [0.717, 1.165) is 11.1 Å². The first-order valence-corrected chi connectivity index (χ1v) is 10.7. The number of hydrogen-bond acceptors (Lipinski definition) is 5. The number of benzene rings is 3. The van der Waals surface area contributed by atoms with E-state index in [9.17, 15) is 9.59 Å². The van der Waals surface area contributed by atoms with Crippen LogP contribution < -0.4 is 20.2 Å². The summed E-state index contributed by atoms with van der Waals surface area (Å²) in [5.74, 6) is -0.605. The third-order valence-electron chi connectivity index (χ3n) is 4.54. The van der Waals surface area contributed by atoms with Crippen molar-refractivity contribution < 1.29 is 19.1 Å². The summed E-state index contributed by atoms with van der Waals surface area (Å²) in [6.45, 7) is 4.54. The largest absolute Gasteiger partial charge is 0.490 e. The Morgan fingerprint density at radius 3 is 2.52 bits per heavy atom. The van der Waals surface area contributed by atoms with Gasteiger partial charge in [-0.2, -0.15) is 5.10 Å². The number of halogens is 1. The Morgan fingerprint density at radius 2 is 1.76 bits per heavy atom. The van der Waals surface area contributed by atoms with Gasteiger partial charge in [0.1, 0.15) is 6.61 Å². The van der Waals surface area contributed by atoms with Gasteiger partial charge in [-0.25, -0.2) is 5.43 Å². The van der Waals surface area contributed by atoms with Gasteiger partial charge in [0.05, 0.1) is 12.8 Å². The van der Waals surface area contributed by atoms with Gasteiger partial charge in [-0.1, -0.05) is 48.0 Å². The SMILES string of the molecule is CCOc1cc(/C=N\NC(=O)C(=O)Nc2cc(Cl)ccc2C)ccc1OCc1ccccc1. The zero-order valence-electron chi connectivity index (χ0n) is 18.3. The molecule has 0 aliphatic rings. The minimum atomic E-state index is -0.904. The molecule has 0 atom stereocenters. The molecule has 0 bridgehead atoms. The lowest BCUT2D eigenvalue weighted by molar-refractivity contribution is -0.136. The minimum absolute atomic E-state index is 0.408. The molecule has 7 nitrogen and oxygen atoms in total. The minimum Gasteiger partial charge on any atom is -0.490 e. The van der Waals surface area contributed by atoms with Crippen molar-refractivity contribution in [2.75, 3.05) is 11.9 Å². The molecule has 0 heterocycles. The van der Waals surface area contributed by atoms with Crippen molar-refractivity contribution in [2.24, 2.45) is 5.10 Å². The summed E-state index contributed by atoms with van der Waals surface area (Å²) in [5, 5.41) is 6.83. The number of hydrogen-bond donors (Lipinski definition) is 2. The second-order valence-electron chi connectivity index (χ2n) is 7.03. The first kappa shape index (κ1) is 23.8. The van der Waals surface area contributed by atoms with Crippen LogP contribution in [0.25, 0.3) is 0 Å². The maximum Gasteiger partial charge on any atom is 0.329 e. The van der Waals surface area contributed by atoms with Crippen molar-refractivity contribution in [1.82, 2.24) is 5.43 Å². The van der Waals surface area contributed by atoms with Crippen LogP contribution in [0, 0.1) is 6.92 Å². The lowest BCUT2D eigenvalue weighted by Gasteiger charge is -2.12. The van der Waals surface area contributed by atoms with Crippen LogP contribution in [0.15, 0.2) is 71.8 Å². The van der Waals surface area contributed by atoms with E-state index in [1.807, 2.05) is 37.3 Å². The first-order valence-electron chi connectivity index (χ1n) is 10.3. The molecule has 3 aromatic rings. The Labute approximate surface area is 197 Å². The average molecular weight is 466 g/mol. The van der Waals surface area contributed by atoms with Crippen molar-refractivity contribution in [3.05, 3.63) is 88.4 Å². The maximum absolute atomic E-state index is 12.1. The van der Waals surface area contributed by atoms with E-state index in [-0.39, 0.29) is 0 Å². The normalized spacial score (nSPS) is 10.6. The van der Waals surface area contributed by atoms with Crippen molar-refractivity contribution >= 4 is 35.3 Å². The Morgan fingerprint density at radius 1 is 0.970 bits per heavy atom. The average Bonchev–Trinajstić information content (AvgIpc) is 2.81. The lowest BCUT2D eigenvalue weighted by atomic mass is 10.2. The van der Waals surface area contributed by atoms with Crippen molar-refractivity contribution in [3.63, 3.8) is 0 Å². The molecule has 2 N–H and O–H groups in total. The van der Waals surface area contributed by atoms with E-state index >= 15 is 0 Å². The van der Waals surface area contributed by atoms with E-state index in [1.54, 1.807) is 43.3 Å². The highest BCUT2D eigenvalue weighted by molar-refractivity contribution is 6.40. The van der Waals surface area contributed by atoms with Gasteiger partial charge in [-0.3, -0.25) is 9.59 Å². The van der Waals surface area contributed by atoms with Crippen LogP contribution in [-0.2, 0) is 16.2 Å². The smallest absolute Gasteiger partial charge is 0.329 e. The van der Waals surface area contributed by atoms with Crippen molar-refractivity contribution in [1.29, 1.82) is 0 Å². The van der Waals surface area contributed by atoms with E-state index in [0.29, 0.717) is 41.0 Å². The van der Waals surface area contributed by atoms with Gasteiger partial charge in [-0.15, -0.1) is 0 Å². The predicted molar refractivity (Wildman–Crippen MR) is 129 cm³/mol. The number of carbonyl (C=O) groups excluding carboxylic acids is 2. The van der Waals surface area contributed by atoms with Crippen LogP contribution in [-0.4, -0.2) is 24.6 Å². The third kappa shape index (κ3) is 7.08. The van der Waals surface area contributed by atoms with Gasteiger partial charge in [-0.05, 0) is 60.9 Å². The van der Waals surface area contributed by atoms with Crippen LogP contribution in [0.4, 0.5) is 5.69 Å². The van der Waals surface area contributed by atoms with E-state index in [1.165, 1.54) is 6.21 Å². The fourth-order valence-corrected chi connectivity index (χ4v) is 3.02. The number of carbonyl (C=O) groups is 2. The molecule has 170 valence electrons. The molecule has 0 aromatic heterocycles. The molecule has 0 aliphatic carbocycles. The molecular weight excluding hydrogens is 442 g/mol. The topological polar surface area (TPSA) is 89.0 Å². The Bertz CT molecular complexity index is 1150. The van der Waals surface area contributed by atoms with Gasteiger partial charge in [0.25, 0.3) is 0 Å². The number of ether oxygens (including phenoxy) is 2. The van der Waals surface area contributed by atoms with E-state index < -0.39 is 11.8 Å². The predicted octanol–water partition coefficient (Wildman–Crippen LogP) is 4.71. The molecule has 0 saturated heterocycles. The Kier molecular flexibility index (Phi) is 8.43. The lowest BCUT2D eigenvalue weighted by Crippen LogP contribution is -2.32. The van der Waals surface area contributed by atoms with Crippen molar-refractivity contribution in [2.45, 2.75) is 20.5 Å². The molecule has 0 aliphatic heterocycles. The molecule has 0 unspecified atom stereocenters. The number of hydrazone groups is 1. The second kappa shape index (κ2) is 11.7. The molecule has 0 spiro atoms. The highest BCUT2D eigenvalue weighted by atomic mass is 35.5. The summed E-state index contributed by atoms with van der Waals surface area (Å²) in [6, 6.07) is 20.1. The Hall–Kier alpha value is -3.84. The van der Waals surface area contributed by atoms with Crippen LogP contribution in [0.3, 0.4) is 0 Å². The molecule has 2 amide bonds. The van der Waals surface area contributed by atoms with Crippen LogP contribution in [0.2, 0.25) is 5.02 Å². The van der Waals surface area contributed by atoms with Crippen LogP contribution in [0.1, 0.15) is 23.6 Å². The molecule has 3 aromatic carbocycles. The maximum atomic E-state index is 12.1. The number of rotatable bonds is 8. The summed E-state index contributed by atoms with van der Waals surface area (Å²) in [6.07, 6.45) is 1.42. The van der Waals surface area contributed by atoms with Gasteiger partial charge in [0, 0.05) is 10.7 Å². The summed E-state index contributed by atoms with van der Waals surface area (Å²) in [7, 11) is 0. The summed E-state index contributed by atoms with van der Waals surface area (Å²) in [4.78, 5) is 24.2. The Balaban J connectivity index is 1.60. The molecule has 0 radical (unpaired) electrons. The number of amides is 2. The number of nitrogens with zero attached hydrogens (tertiary/aromatic N) is 1. The number of anilines is 1. The fourth-order valence-electron chi connectivity index (χ4n) is 2.85. The van der Waals surface area contributed by atoms with Gasteiger partial charge in [0.15, 0.2) is 11.5 Å². The summed E-state index contributed by atoms with van der Waals surface area (Å²) >= 11 is 5.93. The fraction of sp³-hybridized carbons (Fsp3) is 0.160. The van der Waals surface area contributed by atoms with Crippen molar-refractivity contribution in [3.8, 4) is 11.5 Å². The molecule has 33 heavy (non-hydrogen) atoms. The van der Waals surface area contributed by atoms with Crippen LogP contribution >= 0.6 is 11.6 Å². The molecule has 8 heteroatoms. The first-order chi connectivity index (χ1) is 16.0. The van der Waals surface area contributed by atoms with E-state index in [2.05, 4.69) is 15.8 Å². The summed E-state index contributed by atoms with van der Waals surface area (Å²) in [5.41, 5.74) is 5.15. The van der Waals surface area contributed by atoms with Gasteiger partial charge >= 0.3 is 11.8 Å². The zero-order valence-corrected chi connectivity index (χ0v) is 19.1. The monoisotopic (exact) mass is 465 g/mol. The molecule has 3 rings (SSSR count). The van der Waals surface area contributed by atoms with Gasteiger partial charge < -0.3 is 14.8 Å². The van der Waals surface area contributed by atoms with Gasteiger partial charge in [0.2, 0.25) is 0 Å². The number of nitrogens with one attached hydrogen (secondary N) is 2. The standard InChI is InChI=1S/C25H24ClN3O4/c1-3-32-23-13-19(10-12-22(23)33-16-18-7-5-4-6-8-18)15-27-29-25(31)24(30)28-21-14-20(26)11-9-17(21)2/h4-15H,3,16H2,1-2H3,(H,28,30)(H,29,31)/b27-15-. The third-order valence-corrected chi connectivity index (χ3v) is 4.77. The number of aryl methyl sites for hydroxylation is 1. The second-order valence-corrected chi connectivity index (χ2v) is 7.46. The summed E-state index contributed by atoms with van der Waals surface area (Å²) < 4.78 is 11.5. The quantitative estimate of drug-likeness (QED) is 0.286. The zero-order chi connectivity index (χ0) is 23.6. The molecule has 0 saturated carbocycles. The molecule has 0 fully saturated rings.